The minimum Gasteiger partial charge on any atom is -0.337 e. The molecule has 3 rings (SSSR count). The van der Waals surface area contributed by atoms with Crippen molar-refractivity contribution in [3.05, 3.63) is 40.3 Å². The monoisotopic (exact) mass is 299 g/mol. The van der Waals surface area contributed by atoms with Crippen molar-refractivity contribution >= 4 is 16.7 Å². The lowest BCUT2D eigenvalue weighted by molar-refractivity contribution is 0.0755. The van der Waals surface area contributed by atoms with Crippen molar-refractivity contribution in [2.75, 3.05) is 13.1 Å². The van der Waals surface area contributed by atoms with Crippen molar-refractivity contribution in [2.24, 2.45) is 0 Å². The summed E-state index contributed by atoms with van der Waals surface area (Å²) in [5.41, 5.74) is 0.268. The molecule has 1 saturated heterocycles. The van der Waals surface area contributed by atoms with Crippen molar-refractivity contribution in [3.63, 3.8) is 0 Å². The van der Waals surface area contributed by atoms with Crippen LogP contribution in [0.2, 0.25) is 0 Å². The van der Waals surface area contributed by atoms with Crippen LogP contribution in [0.15, 0.2) is 29.1 Å². The highest BCUT2D eigenvalue weighted by atomic mass is 16.2. The van der Waals surface area contributed by atoms with Gasteiger partial charge in [0.15, 0.2) is 5.69 Å². The summed E-state index contributed by atoms with van der Waals surface area (Å²) in [5.74, 6) is -0.0553. The molecule has 22 heavy (non-hydrogen) atoms. The molecule has 0 bridgehead atoms. The quantitative estimate of drug-likeness (QED) is 0.856. The maximum absolute atomic E-state index is 12.9. The zero-order chi connectivity index (χ0) is 15.5. The number of nitrogens with zero attached hydrogens (tertiary/aromatic N) is 3. The van der Waals surface area contributed by atoms with Crippen molar-refractivity contribution in [1.82, 2.24) is 14.7 Å². The van der Waals surface area contributed by atoms with Gasteiger partial charge >= 0.3 is 0 Å². The number of hydrogen-bond acceptors (Lipinski definition) is 3. The van der Waals surface area contributed by atoms with Crippen LogP contribution < -0.4 is 5.56 Å². The molecule has 0 unspecified atom stereocenters. The molecular formula is C17H21N3O2. The molecule has 1 aliphatic heterocycles. The number of likely N-dealkylation sites (tertiary alicyclic amines) is 1. The Morgan fingerprint density at radius 2 is 1.73 bits per heavy atom. The van der Waals surface area contributed by atoms with Crippen LogP contribution in [0, 0.1) is 0 Å². The van der Waals surface area contributed by atoms with Crippen LogP contribution >= 0.6 is 0 Å². The number of aromatic nitrogens is 2. The molecule has 1 aliphatic rings. The summed E-state index contributed by atoms with van der Waals surface area (Å²) in [5, 5.41) is 5.56. The molecule has 0 saturated carbocycles. The van der Waals surface area contributed by atoms with Gasteiger partial charge < -0.3 is 4.90 Å². The fraction of sp³-hybridized carbons (Fsp3) is 0.471. The molecule has 5 nitrogen and oxygen atoms in total. The fourth-order valence-electron chi connectivity index (χ4n) is 3.03. The van der Waals surface area contributed by atoms with Gasteiger partial charge in [-0.1, -0.05) is 31.0 Å². The summed E-state index contributed by atoms with van der Waals surface area (Å²) in [6.07, 6.45) is 4.42. The van der Waals surface area contributed by atoms with E-state index >= 15 is 0 Å². The molecule has 1 aromatic heterocycles. The van der Waals surface area contributed by atoms with Crippen LogP contribution in [0.4, 0.5) is 0 Å². The van der Waals surface area contributed by atoms with Gasteiger partial charge in [-0.2, -0.15) is 5.10 Å². The first-order chi connectivity index (χ1) is 10.7. The van der Waals surface area contributed by atoms with E-state index < -0.39 is 0 Å². The second-order valence-electron chi connectivity index (χ2n) is 5.72. The Kier molecular flexibility index (Phi) is 4.22. The van der Waals surface area contributed by atoms with Crippen molar-refractivity contribution in [2.45, 2.75) is 39.2 Å². The topological polar surface area (TPSA) is 55.2 Å². The zero-order valence-electron chi connectivity index (χ0n) is 12.9. The van der Waals surface area contributed by atoms with E-state index in [0.29, 0.717) is 23.0 Å². The molecule has 116 valence electrons. The Morgan fingerprint density at radius 1 is 1.09 bits per heavy atom. The SMILES string of the molecule is CCn1nc(C(=O)N2CCCCCC2)c2ccccc2c1=O. The van der Waals surface area contributed by atoms with Crippen molar-refractivity contribution in [1.29, 1.82) is 0 Å². The maximum Gasteiger partial charge on any atom is 0.274 e. The Labute approximate surface area is 129 Å². The summed E-state index contributed by atoms with van der Waals surface area (Å²) in [7, 11) is 0. The molecule has 2 aromatic rings. The van der Waals surface area contributed by atoms with Gasteiger partial charge in [0.05, 0.1) is 5.39 Å². The van der Waals surface area contributed by atoms with Crippen LogP contribution in [0.5, 0.6) is 0 Å². The molecule has 1 aromatic carbocycles. The second-order valence-corrected chi connectivity index (χ2v) is 5.72. The van der Waals surface area contributed by atoms with E-state index in [1.807, 2.05) is 30.0 Å². The first-order valence-electron chi connectivity index (χ1n) is 8.01. The molecule has 2 heterocycles. The number of rotatable bonds is 2. The van der Waals surface area contributed by atoms with Gasteiger partial charge in [0.25, 0.3) is 11.5 Å². The van der Waals surface area contributed by atoms with E-state index in [1.54, 1.807) is 6.07 Å². The van der Waals surface area contributed by atoms with Crippen LogP contribution in [-0.2, 0) is 6.54 Å². The number of carbonyl (C=O) groups is 1. The molecule has 1 amide bonds. The summed E-state index contributed by atoms with van der Waals surface area (Å²) in [6.45, 7) is 3.88. The van der Waals surface area contributed by atoms with Crippen LogP contribution in [0.1, 0.15) is 43.1 Å². The molecule has 5 heteroatoms. The van der Waals surface area contributed by atoms with E-state index in [-0.39, 0.29) is 11.5 Å². The van der Waals surface area contributed by atoms with E-state index in [9.17, 15) is 9.59 Å². The highest BCUT2D eigenvalue weighted by Crippen LogP contribution is 2.18. The lowest BCUT2D eigenvalue weighted by Crippen LogP contribution is -2.35. The average molecular weight is 299 g/mol. The lowest BCUT2D eigenvalue weighted by Gasteiger charge is -2.21. The van der Waals surface area contributed by atoms with Gasteiger partial charge in [-0.3, -0.25) is 9.59 Å². The van der Waals surface area contributed by atoms with Crippen molar-refractivity contribution in [3.8, 4) is 0 Å². The number of fused-ring (bicyclic) bond motifs is 1. The summed E-state index contributed by atoms with van der Waals surface area (Å²) < 4.78 is 1.38. The number of benzene rings is 1. The molecule has 0 aliphatic carbocycles. The third-order valence-corrected chi connectivity index (χ3v) is 4.26. The average Bonchev–Trinajstić information content (AvgIpc) is 2.84. The smallest absolute Gasteiger partial charge is 0.274 e. The van der Waals surface area contributed by atoms with Crippen LogP contribution in [-0.4, -0.2) is 33.7 Å². The summed E-state index contributed by atoms with van der Waals surface area (Å²) in [4.78, 5) is 27.1. The largest absolute Gasteiger partial charge is 0.337 e. The van der Waals surface area contributed by atoms with Gasteiger partial charge in [0.2, 0.25) is 0 Å². The molecular weight excluding hydrogens is 278 g/mol. The maximum atomic E-state index is 12.9. The molecule has 0 spiro atoms. The van der Waals surface area contributed by atoms with Gasteiger partial charge in [-0.25, -0.2) is 4.68 Å². The fourth-order valence-corrected chi connectivity index (χ4v) is 3.03. The lowest BCUT2D eigenvalue weighted by atomic mass is 10.1. The van der Waals surface area contributed by atoms with E-state index in [1.165, 1.54) is 17.5 Å². The Hall–Kier alpha value is -2.17. The zero-order valence-corrected chi connectivity index (χ0v) is 12.9. The standard InChI is InChI=1S/C17H21N3O2/c1-2-20-16(21)14-10-6-5-9-13(14)15(18-20)17(22)19-11-7-3-4-8-12-19/h5-6,9-10H,2-4,7-8,11-12H2,1H3. The van der Waals surface area contributed by atoms with Crippen LogP contribution in [0.3, 0.4) is 0 Å². The number of carbonyl (C=O) groups excluding carboxylic acids is 1. The highest BCUT2D eigenvalue weighted by molar-refractivity contribution is 6.04. The third-order valence-electron chi connectivity index (χ3n) is 4.26. The minimum absolute atomic E-state index is 0.0553. The number of hydrogen-bond donors (Lipinski definition) is 0. The Bertz CT molecular complexity index is 743. The predicted octanol–water partition coefficient (Wildman–Crippen LogP) is 2.43. The Balaban J connectivity index is 2.11. The molecule has 0 radical (unpaired) electrons. The van der Waals surface area contributed by atoms with Crippen molar-refractivity contribution < 1.29 is 4.79 Å². The van der Waals surface area contributed by atoms with Gasteiger partial charge in [0.1, 0.15) is 0 Å². The van der Waals surface area contributed by atoms with E-state index in [0.717, 1.165) is 25.9 Å². The molecule has 0 atom stereocenters. The van der Waals surface area contributed by atoms with Gasteiger partial charge in [-0.05, 0) is 25.8 Å². The first-order valence-corrected chi connectivity index (χ1v) is 8.01. The van der Waals surface area contributed by atoms with E-state index in [4.69, 9.17) is 0 Å². The highest BCUT2D eigenvalue weighted by Gasteiger charge is 2.22. The minimum atomic E-state index is -0.134. The number of aryl methyl sites for hydroxylation is 1. The van der Waals surface area contributed by atoms with E-state index in [2.05, 4.69) is 5.10 Å². The summed E-state index contributed by atoms with van der Waals surface area (Å²) in [6, 6.07) is 7.25. The van der Waals surface area contributed by atoms with Gasteiger partial charge in [-0.15, -0.1) is 0 Å². The van der Waals surface area contributed by atoms with Crippen LogP contribution in [0.25, 0.3) is 10.8 Å². The Morgan fingerprint density at radius 3 is 2.36 bits per heavy atom. The third kappa shape index (κ3) is 2.63. The molecule has 0 N–H and O–H groups in total. The first kappa shape index (κ1) is 14.8. The molecule has 1 fully saturated rings. The van der Waals surface area contributed by atoms with Gasteiger partial charge in [0, 0.05) is 25.0 Å². The predicted molar refractivity (Wildman–Crippen MR) is 86.0 cm³/mol. The second kappa shape index (κ2) is 6.30. The number of amides is 1. The summed E-state index contributed by atoms with van der Waals surface area (Å²) >= 11 is 0. The normalized spacial score (nSPS) is 15.8.